The molecule has 0 unspecified atom stereocenters. The van der Waals surface area contributed by atoms with Crippen molar-refractivity contribution in [3.8, 4) is 0 Å². The summed E-state index contributed by atoms with van der Waals surface area (Å²) in [4.78, 5) is 10.8. The molecule has 2 heterocycles. The summed E-state index contributed by atoms with van der Waals surface area (Å²) in [5, 5.41) is 3.01. The summed E-state index contributed by atoms with van der Waals surface area (Å²) in [5.41, 5.74) is 0.429. The van der Waals surface area contributed by atoms with Crippen LogP contribution < -0.4 is 10.2 Å². The third-order valence-electron chi connectivity index (χ3n) is 3.72. The molecule has 21 heavy (non-hydrogen) atoms. The van der Waals surface area contributed by atoms with Gasteiger partial charge in [-0.05, 0) is 25.0 Å². The number of nitrogens with zero attached hydrogens (tertiary/aromatic N) is 3. The molecule has 0 radical (unpaired) electrons. The summed E-state index contributed by atoms with van der Waals surface area (Å²) in [6.45, 7) is 2.05. The van der Waals surface area contributed by atoms with Crippen molar-refractivity contribution in [2.45, 2.75) is 25.7 Å². The lowest BCUT2D eigenvalue weighted by Crippen LogP contribution is -2.25. The molecule has 1 aliphatic heterocycles. The fourth-order valence-corrected chi connectivity index (χ4v) is 2.59. The molecule has 0 amide bonds. The summed E-state index contributed by atoms with van der Waals surface area (Å²) in [7, 11) is 0. The zero-order valence-corrected chi connectivity index (χ0v) is 11.9. The first-order chi connectivity index (χ1) is 10.3. The first-order valence-electron chi connectivity index (χ1n) is 7.41. The Labute approximate surface area is 124 Å². The predicted molar refractivity (Wildman–Crippen MR) is 82.4 cm³/mol. The molecule has 4 nitrogen and oxygen atoms in total. The standard InChI is InChI=1S/C16H19FN4/c17-13-7-3-4-8-14(13)20-15-11-16(19-12-18-15)21-9-5-1-2-6-10-21/h3-4,7-8,11-12H,1-2,5-6,9-10H2,(H,18,19,20). The second-order valence-corrected chi connectivity index (χ2v) is 5.27. The number of hydrogen-bond donors (Lipinski definition) is 1. The Balaban J connectivity index is 1.78. The molecule has 0 saturated carbocycles. The Morgan fingerprint density at radius 1 is 1.00 bits per heavy atom. The second kappa shape index (κ2) is 6.52. The van der Waals surface area contributed by atoms with Crippen LogP contribution in [0.3, 0.4) is 0 Å². The number of para-hydroxylation sites is 1. The average molecular weight is 286 g/mol. The van der Waals surface area contributed by atoms with E-state index in [2.05, 4.69) is 20.2 Å². The first kappa shape index (κ1) is 13.8. The van der Waals surface area contributed by atoms with Gasteiger partial charge in [-0.15, -0.1) is 0 Å². The monoisotopic (exact) mass is 286 g/mol. The van der Waals surface area contributed by atoms with Crippen LogP contribution in [0.5, 0.6) is 0 Å². The molecule has 1 fully saturated rings. The lowest BCUT2D eigenvalue weighted by atomic mass is 10.2. The van der Waals surface area contributed by atoms with E-state index in [-0.39, 0.29) is 5.82 Å². The van der Waals surface area contributed by atoms with Gasteiger partial charge < -0.3 is 10.2 Å². The zero-order valence-electron chi connectivity index (χ0n) is 11.9. The van der Waals surface area contributed by atoms with Crippen molar-refractivity contribution >= 4 is 17.3 Å². The number of rotatable bonds is 3. The Morgan fingerprint density at radius 2 is 1.76 bits per heavy atom. The van der Waals surface area contributed by atoms with Crippen molar-refractivity contribution < 1.29 is 4.39 Å². The van der Waals surface area contributed by atoms with Crippen molar-refractivity contribution in [1.29, 1.82) is 0 Å². The van der Waals surface area contributed by atoms with Crippen LogP contribution in [0.4, 0.5) is 21.7 Å². The minimum absolute atomic E-state index is 0.285. The minimum Gasteiger partial charge on any atom is -0.356 e. The number of halogens is 1. The Morgan fingerprint density at radius 3 is 2.52 bits per heavy atom. The number of hydrogen-bond acceptors (Lipinski definition) is 4. The van der Waals surface area contributed by atoms with Crippen LogP contribution in [0.1, 0.15) is 25.7 Å². The van der Waals surface area contributed by atoms with Gasteiger partial charge in [0.2, 0.25) is 0 Å². The highest BCUT2D eigenvalue weighted by Crippen LogP contribution is 2.22. The van der Waals surface area contributed by atoms with Crippen molar-refractivity contribution in [1.82, 2.24) is 9.97 Å². The van der Waals surface area contributed by atoms with Gasteiger partial charge in [-0.25, -0.2) is 14.4 Å². The van der Waals surface area contributed by atoms with Gasteiger partial charge in [-0.1, -0.05) is 25.0 Å². The van der Waals surface area contributed by atoms with E-state index in [1.807, 2.05) is 6.07 Å². The molecule has 0 aliphatic carbocycles. The number of benzene rings is 1. The molecule has 110 valence electrons. The summed E-state index contributed by atoms with van der Waals surface area (Å²) >= 11 is 0. The normalized spacial score (nSPS) is 15.6. The van der Waals surface area contributed by atoms with Gasteiger partial charge in [-0.2, -0.15) is 0 Å². The highest BCUT2D eigenvalue weighted by atomic mass is 19.1. The fourth-order valence-electron chi connectivity index (χ4n) is 2.59. The van der Waals surface area contributed by atoms with Gasteiger partial charge in [0.05, 0.1) is 5.69 Å². The first-order valence-corrected chi connectivity index (χ1v) is 7.41. The molecule has 0 spiro atoms. The summed E-state index contributed by atoms with van der Waals surface area (Å²) in [5.74, 6) is 1.24. The molecule has 1 saturated heterocycles. The maximum atomic E-state index is 13.7. The largest absolute Gasteiger partial charge is 0.356 e. The topological polar surface area (TPSA) is 41.0 Å². The third-order valence-corrected chi connectivity index (χ3v) is 3.72. The van der Waals surface area contributed by atoms with E-state index in [1.54, 1.807) is 18.2 Å². The molecular formula is C16H19FN4. The second-order valence-electron chi connectivity index (χ2n) is 5.27. The molecule has 5 heteroatoms. The Bertz CT molecular complexity index is 594. The van der Waals surface area contributed by atoms with Gasteiger partial charge in [0, 0.05) is 19.2 Å². The lowest BCUT2D eigenvalue weighted by Gasteiger charge is -2.21. The SMILES string of the molecule is Fc1ccccc1Nc1cc(N2CCCCCC2)ncn1. The summed E-state index contributed by atoms with van der Waals surface area (Å²) in [6, 6.07) is 8.48. The van der Waals surface area contributed by atoms with E-state index in [0.29, 0.717) is 11.5 Å². The van der Waals surface area contributed by atoms with Crippen molar-refractivity contribution in [2.75, 3.05) is 23.3 Å². The number of nitrogens with one attached hydrogen (secondary N) is 1. The summed E-state index contributed by atoms with van der Waals surface area (Å²) in [6.07, 6.45) is 6.48. The average Bonchev–Trinajstić information content (AvgIpc) is 2.79. The van der Waals surface area contributed by atoms with E-state index >= 15 is 0 Å². The van der Waals surface area contributed by atoms with Crippen LogP contribution in [0.15, 0.2) is 36.7 Å². The van der Waals surface area contributed by atoms with Crippen LogP contribution in [0.2, 0.25) is 0 Å². The van der Waals surface area contributed by atoms with Crippen LogP contribution in [0, 0.1) is 5.82 Å². The fraction of sp³-hybridized carbons (Fsp3) is 0.375. The van der Waals surface area contributed by atoms with Crippen LogP contribution in [-0.2, 0) is 0 Å². The van der Waals surface area contributed by atoms with Crippen LogP contribution in [-0.4, -0.2) is 23.1 Å². The highest BCUT2D eigenvalue weighted by molar-refractivity contribution is 5.59. The van der Waals surface area contributed by atoms with E-state index in [0.717, 1.165) is 18.9 Å². The molecule has 3 rings (SSSR count). The Kier molecular flexibility index (Phi) is 4.28. The molecule has 1 N–H and O–H groups in total. The van der Waals surface area contributed by atoms with Gasteiger partial charge in [0.1, 0.15) is 23.8 Å². The molecule has 0 bridgehead atoms. The van der Waals surface area contributed by atoms with Gasteiger partial charge in [0.25, 0.3) is 0 Å². The molecule has 0 atom stereocenters. The zero-order chi connectivity index (χ0) is 14.5. The smallest absolute Gasteiger partial charge is 0.146 e. The molecular weight excluding hydrogens is 267 g/mol. The predicted octanol–water partition coefficient (Wildman–Crippen LogP) is 3.74. The van der Waals surface area contributed by atoms with Crippen molar-refractivity contribution in [3.63, 3.8) is 0 Å². The van der Waals surface area contributed by atoms with Crippen LogP contribution >= 0.6 is 0 Å². The van der Waals surface area contributed by atoms with Gasteiger partial charge in [0.15, 0.2) is 0 Å². The number of anilines is 3. The molecule has 1 aliphatic rings. The van der Waals surface area contributed by atoms with E-state index in [4.69, 9.17) is 0 Å². The van der Waals surface area contributed by atoms with E-state index in [9.17, 15) is 4.39 Å². The van der Waals surface area contributed by atoms with Crippen molar-refractivity contribution in [3.05, 3.63) is 42.5 Å². The number of aromatic nitrogens is 2. The third kappa shape index (κ3) is 3.48. The van der Waals surface area contributed by atoms with E-state index < -0.39 is 0 Å². The van der Waals surface area contributed by atoms with Crippen molar-refractivity contribution in [2.24, 2.45) is 0 Å². The summed E-state index contributed by atoms with van der Waals surface area (Å²) < 4.78 is 13.7. The maximum Gasteiger partial charge on any atom is 0.146 e. The maximum absolute atomic E-state index is 13.7. The molecule has 2 aromatic rings. The van der Waals surface area contributed by atoms with Crippen LogP contribution in [0.25, 0.3) is 0 Å². The van der Waals surface area contributed by atoms with Gasteiger partial charge in [-0.3, -0.25) is 0 Å². The van der Waals surface area contributed by atoms with E-state index in [1.165, 1.54) is 38.1 Å². The molecule has 1 aromatic heterocycles. The quantitative estimate of drug-likeness (QED) is 0.933. The molecule has 1 aromatic carbocycles. The lowest BCUT2D eigenvalue weighted by molar-refractivity contribution is 0.632. The minimum atomic E-state index is -0.285. The Hall–Kier alpha value is -2.17. The van der Waals surface area contributed by atoms with Gasteiger partial charge >= 0.3 is 0 Å². The highest BCUT2D eigenvalue weighted by Gasteiger charge is 2.12.